The van der Waals surface area contributed by atoms with Gasteiger partial charge in [0.2, 0.25) is 0 Å². The molecule has 0 spiro atoms. The molecular weight excluding hydrogens is 496 g/mol. The minimum atomic E-state index is -0.987. The van der Waals surface area contributed by atoms with Gasteiger partial charge < -0.3 is 13.9 Å². The van der Waals surface area contributed by atoms with E-state index in [9.17, 15) is 19.2 Å². The van der Waals surface area contributed by atoms with Crippen molar-refractivity contribution in [2.24, 2.45) is 5.92 Å². The molecule has 39 heavy (non-hydrogen) atoms. The molecule has 0 saturated carbocycles. The Bertz CT molecular complexity index is 1670. The van der Waals surface area contributed by atoms with Crippen LogP contribution in [0.4, 0.5) is 0 Å². The summed E-state index contributed by atoms with van der Waals surface area (Å²) in [5, 5.41) is 0.134. The number of hydrogen-bond acceptors (Lipinski definition) is 7. The first-order chi connectivity index (χ1) is 18.8. The van der Waals surface area contributed by atoms with Crippen LogP contribution in [0.15, 0.2) is 75.0 Å². The first kappa shape index (κ1) is 25.2. The Morgan fingerprint density at radius 3 is 2.56 bits per heavy atom. The Morgan fingerprint density at radius 2 is 1.90 bits per heavy atom. The van der Waals surface area contributed by atoms with Gasteiger partial charge in [-0.1, -0.05) is 44.2 Å². The molecule has 0 fully saturated rings. The maximum absolute atomic E-state index is 14.2. The van der Waals surface area contributed by atoms with Crippen molar-refractivity contribution in [2.45, 2.75) is 51.2 Å². The van der Waals surface area contributed by atoms with Crippen LogP contribution in [0.25, 0.3) is 11.0 Å². The highest BCUT2D eigenvalue weighted by Gasteiger charge is 2.52. The van der Waals surface area contributed by atoms with Gasteiger partial charge in [0.25, 0.3) is 0 Å². The Balaban J connectivity index is 1.55. The second-order valence-corrected chi connectivity index (χ2v) is 10.5. The molecule has 2 bridgehead atoms. The Hall–Kier alpha value is -4.10. The average molecular weight is 525 g/mol. The zero-order valence-electron chi connectivity index (χ0n) is 22.0. The number of carbonyl (C=O) groups is 3. The number of fused-ring (bicyclic) bond motifs is 4. The van der Waals surface area contributed by atoms with Crippen molar-refractivity contribution in [2.75, 3.05) is 7.11 Å². The van der Waals surface area contributed by atoms with Crippen LogP contribution in [0.3, 0.4) is 0 Å². The number of methoxy groups -OCH3 is 1. The third-order valence-corrected chi connectivity index (χ3v) is 8.36. The van der Waals surface area contributed by atoms with E-state index in [1.807, 2.05) is 26.0 Å². The summed E-state index contributed by atoms with van der Waals surface area (Å²) < 4.78 is 17.7. The smallest absolute Gasteiger partial charge is 0.338 e. The number of Topliss-reactive ketones (excluding diaryl/α,β-unsaturated/α-hetero) is 2. The van der Waals surface area contributed by atoms with Crippen molar-refractivity contribution >= 4 is 28.5 Å². The van der Waals surface area contributed by atoms with Gasteiger partial charge in [0.1, 0.15) is 23.6 Å². The third-order valence-electron chi connectivity index (χ3n) is 8.36. The molecule has 7 heteroatoms. The summed E-state index contributed by atoms with van der Waals surface area (Å²) in [5.74, 6) is -1.05. The van der Waals surface area contributed by atoms with Crippen LogP contribution in [-0.2, 0) is 16.1 Å². The molecule has 4 aliphatic carbocycles. The first-order valence-corrected chi connectivity index (χ1v) is 13.2. The van der Waals surface area contributed by atoms with Crippen LogP contribution in [0.1, 0.15) is 81.4 Å². The Labute approximate surface area is 225 Å². The van der Waals surface area contributed by atoms with Gasteiger partial charge in [-0.25, -0.2) is 4.79 Å². The molecule has 1 heterocycles. The maximum atomic E-state index is 14.2. The second-order valence-electron chi connectivity index (χ2n) is 10.5. The summed E-state index contributed by atoms with van der Waals surface area (Å²) in [6, 6.07) is 11.5. The molecule has 0 N–H and O–H groups in total. The quantitative estimate of drug-likeness (QED) is 0.301. The summed E-state index contributed by atoms with van der Waals surface area (Å²) in [5.41, 5.74) is 0.411. The minimum Gasteiger partial charge on any atom is -0.460 e. The van der Waals surface area contributed by atoms with Crippen LogP contribution < -0.4 is 5.43 Å². The fraction of sp³-hybridized carbons (Fsp3) is 0.312. The summed E-state index contributed by atoms with van der Waals surface area (Å²) in [6.45, 7) is 3.65. The van der Waals surface area contributed by atoms with Gasteiger partial charge in [0, 0.05) is 47.3 Å². The number of carbonyl (C=O) groups excluding carboxylic acids is 3. The first-order valence-electron chi connectivity index (χ1n) is 13.2. The topological polar surface area (TPSA) is 99.9 Å². The van der Waals surface area contributed by atoms with Crippen molar-refractivity contribution in [1.82, 2.24) is 0 Å². The number of ether oxygens (including phenoxy) is 2. The van der Waals surface area contributed by atoms with Crippen molar-refractivity contribution in [3.63, 3.8) is 0 Å². The molecule has 0 amide bonds. The van der Waals surface area contributed by atoms with Crippen LogP contribution in [0.5, 0.6) is 0 Å². The van der Waals surface area contributed by atoms with E-state index in [1.165, 1.54) is 19.2 Å². The van der Waals surface area contributed by atoms with E-state index in [-0.39, 0.29) is 57.5 Å². The molecule has 1 aromatic heterocycles. The molecule has 7 rings (SSSR count). The molecule has 2 aromatic carbocycles. The highest BCUT2D eigenvalue weighted by atomic mass is 16.5. The van der Waals surface area contributed by atoms with Gasteiger partial charge in [0.15, 0.2) is 17.0 Å². The average Bonchev–Trinajstić information content (AvgIpc) is 2.98. The van der Waals surface area contributed by atoms with E-state index in [0.717, 1.165) is 0 Å². The summed E-state index contributed by atoms with van der Waals surface area (Å²) >= 11 is 0. The number of allylic oxidation sites excluding steroid dienone is 2. The van der Waals surface area contributed by atoms with E-state index in [0.29, 0.717) is 47.3 Å². The number of rotatable bonds is 6. The van der Waals surface area contributed by atoms with Crippen LogP contribution in [0, 0.1) is 5.92 Å². The molecule has 7 nitrogen and oxygen atoms in total. The SMILES string of the molecule is CCC(C)c1cc(=O)c2c(COC(=O)c3ccccc3)cc3c(c2o1)C(=O)C1=C(C3=O)C2C=CC1(OC)CC2. The standard InChI is InChI=1S/C32H28O7/c1-4-17(2)23-15-22(33)24-20(16-38-31(36)19-8-6-5-7-9-19)14-21-26(30(24)39-23)29(35)27-25(28(21)34)18-10-12-32(27,37-3)13-11-18/h5-10,12,14-15,17-18H,4,11,13,16H2,1-3H3. The lowest BCUT2D eigenvalue weighted by atomic mass is 9.62. The van der Waals surface area contributed by atoms with Crippen LogP contribution >= 0.6 is 0 Å². The lowest BCUT2D eigenvalue weighted by molar-refractivity contribution is 0.0342. The maximum Gasteiger partial charge on any atom is 0.338 e. The van der Waals surface area contributed by atoms with E-state index >= 15 is 0 Å². The van der Waals surface area contributed by atoms with Crippen LogP contribution in [0.2, 0.25) is 0 Å². The molecular formula is C32H28O7. The summed E-state index contributed by atoms with van der Waals surface area (Å²) in [6.07, 6.45) is 5.81. The van der Waals surface area contributed by atoms with E-state index in [1.54, 1.807) is 30.3 Å². The highest BCUT2D eigenvalue weighted by Crippen LogP contribution is 2.50. The van der Waals surface area contributed by atoms with Gasteiger partial charge in [-0.05, 0) is 37.5 Å². The lowest BCUT2D eigenvalue weighted by Crippen LogP contribution is -2.47. The zero-order chi connectivity index (χ0) is 27.5. The number of benzene rings is 2. The van der Waals surface area contributed by atoms with Gasteiger partial charge in [-0.15, -0.1) is 0 Å². The number of hydrogen-bond donors (Lipinski definition) is 0. The van der Waals surface area contributed by atoms with E-state index < -0.39 is 11.6 Å². The van der Waals surface area contributed by atoms with Crippen LogP contribution in [-0.4, -0.2) is 30.2 Å². The molecule has 4 aliphatic rings. The molecule has 0 aliphatic heterocycles. The predicted molar refractivity (Wildman–Crippen MR) is 144 cm³/mol. The summed E-state index contributed by atoms with van der Waals surface area (Å²) in [7, 11) is 1.54. The molecule has 3 atom stereocenters. The predicted octanol–water partition coefficient (Wildman–Crippen LogP) is 5.70. The molecule has 3 aromatic rings. The Kier molecular flexibility index (Phi) is 5.99. The van der Waals surface area contributed by atoms with Gasteiger partial charge in [-0.3, -0.25) is 14.4 Å². The Morgan fingerprint density at radius 1 is 1.13 bits per heavy atom. The van der Waals surface area contributed by atoms with Gasteiger partial charge in [0.05, 0.1) is 16.5 Å². The van der Waals surface area contributed by atoms with Gasteiger partial charge in [-0.2, -0.15) is 0 Å². The third kappa shape index (κ3) is 3.75. The molecule has 3 unspecified atom stereocenters. The van der Waals surface area contributed by atoms with Crippen molar-refractivity contribution in [1.29, 1.82) is 0 Å². The van der Waals surface area contributed by atoms with E-state index in [4.69, 9.17) is 13.9 Å². The largest absolute Gasteiger partial charge is 0.460 e. The van der Waals surface area contributed by atoms with Crippen molar-refractivity contribution in [3.05, 3.63) is 104 Å². The van der Waals surface area contributed by atoms with Crippen molar-refractivity contribution < 1.29 is 28.3 Å². The lowest BCUT2D eigenvalue weighted by Gasteiger charge is -2.44. The van der Waals surface area contributed by atoms with Crippen molar-refractivity contribution in [3.8, 4) is 0 Å². The second kappa shape index (κ2) is 9.27. The molecule has 198 valence electrons. The monoisotopic (exact) mass is 524 g/mol. The normalized spacial score (nSPS) is 22.2. The summed E-state index contributed by atoms with van der Waals surface area (Å²) in [4.78, 5) is 54.5. The molecule has 0 radical (unpaired) electrons. The van der Waals surface area contributed by atoms with Gasteiger partial charge >= 0.3 is 5.97 Å². The number of esters is 1. The minimum absolute atomic E-state index is 0.0580. The van der Waals surface area contributed by atoms with E-state index in [2.05, 4.69) is 0 Å². The number of ketones is 2. The molecule has 0 saturated heterocycles. The fourth-order valence-corrected chi connectivity index (χ4v) is 6.02. The highest BCUT2D eigenvalue weighted by molar-refractivity contribution is 6.31. The zero-order valence-corrected chi connectivity index (χ0v) is 22.0. The fourth-order valence-electron chi connectivity index (χ4n) is 6.02.